The highest BCUT2D eigenvalue weighted by Crippen LogP contribution is 2.31. The van der Waals surface area contributed by atoms with Gasteiger partial charge < -0.3 is 15.4 Å². The third-order valence-corrected chi connectivity index (χ3v) is 5.40. The van der Waals surface area contributed by atoms with Gasteiger partial charge in [0.15, 0.2) is 5.82 Å². The highest BCUT2D eigenvalue weighted by Gasteiger charge is 2.29. The largest absolute Gasteiger partial charge is 0.411 e. The predicted octanol–water partition coefficient (Wildman–Crippen LogP) is 4.49. The summed E-state index contributed by atoms with van der Waals surface area (Å²) in [6, 6.07) is 11.9. The van der Waals surface area contributed by atoms with E-state index in [1.807, 2.05) is 0 Å². The van der Waals surface area contributed by atoms with Gasteiger partial charge in [0.05, 0.1) is 18.2 Å². The molecule has 1 saturated heterocycles. The molecule has 1 aliphatic heterocycles. The highest BCUT2D eigenvalue weighted by molar-refractivity contribution is 6.31. The van der Waals surface area contributed by atoms with Gasteiger partial charge in [0, 0.05) is 29.6 Å². The second kappa shape index (κ2) is 10.0. The molecule has 1 aliphatic rings. The van der Waals surface area contributed by atoms with Gasteiger partial charge in [-0.15, -0.1) is 5.10 Å². The Hall–Kier alpha value is -3.44. The molecule has 0 unspecified atom stereocenters. The van der Waals surface area contributed by atoms with Crippen molar-refractivity contribution in [2.45, 2.75) is 19.2 Å². The van der Waals surface area contributed by atoms with Crippen LogP contribution in [0.2, 0.25) is 5.02 Å². The molecule has 35 heavy (non-hydrogen) atoms. The molecule has 1 aromatic heterocycles. The van der Waals surface area contributed by atoms with E-state index >= 15 is 0 Å². The average molecular weight is 511 g/mol. The zero-order valence-corrected chi connectivity index (χ0v) is 18.8. The van der Waals surface area contributed by atoms with Crippen LogP contribution in [0.4, 0.5) is 23.4 Å². The smallest absolute Gasteiger partial charge is 0.367 e. The molecule has 0 radical (unpaired) electrons. The molecule has 3 aromatic rings. The minimum Gasteiger partial charge on any atom is -0.367 e. The first kappa shape index (κ1) is 24.7. The number of amides is 2. The molecule has 7 nitrogen and oxygen atoms in total. The minimum absolute atomic E-state index is 0.0439. The first-order chi connectivity index (χ1) is 16.6. The Labute approximate surface area is 202 Å². The Kier molecular flexibility index (Phi) is 7.08. The Morgan fingerprint density at radius 2 is 2.00 bits per heavy atom. The predicted molar refractivity (Wildman–Crippen MR) is 119 cm³/mol. The summed E-state index contributed by atoms with van der Waals surface area (Å²) in [5.41, 5.74) is 1.18. The second-order valence-corrected chi connectivity index (χ2v) is 8.36. The zero-order chi connectivity index (χ0) is 25.2. The van der Waals surface area contributed by atoms with Crippen molar-refractivity contribution in [3.63, 3.8) is 0 Å². The van der Waals surface area contributed by atoms with Gasteiger partial charge in [0.2, 0.25) is 11.8 Å². The van der Waals surface area contributed by atoms with Crippen molar-refractivity contribution in [3.05, 3.63) is 64.9 Å². The van der Waals surface area contributed by atoms with E-state index in [2.05, 4.69) is 15.7 Å². The second-order valence-electron chi connectivity index (χ2n) is 7.93. The Morgan fingerprint density at radius 3 is 2.69 bits per heavy atom. The number of aromatic nitrogens is 2. The van der Waals surface area contributed by atoms with Gasteiger partial charge in [-0.1, -0.05) is 23.7 Å². The third kappa shape index (κ3) is 6.17. The number of rotatable bonds is 7. The maximum atomic E-state index is 14.6. The van der Waals surface area contributed by atoms with Gasteiger partial charge in [-0.3, -0.25) is 9.59 Å². The van der Waals surface area contributed by atoms with Crippen LogP contribution in [0.5, 0.6) is 0 Å². The number of nitrogens with zero attached hydrogens (tertiary/aromatic N) is 2. The molecule has 2 N–H and O–H groups in total. The molecule has 1 fully saturated rings. The van der Waals surface area contributed by atoms with Crippen LogP contribution in [0.25, 0.3) is 16.9 Å². The Morgan fingerprint density at radius 1 is 1.23 bits per heavy atom. The number of ether oxygens (including phenoxy) is 1. The summed E-state index contributed by atoms with van der Waals surface area (Å²) in [5.74, 6) is -1.73. The molecule has 2 heterocycles. The third-order valence-electron chi connectivity index (χ3n) is 5.18. The van der Waals surface area contributed by atoms with Crippen molar-refractivity contribution < 1.29 is 31.9 Å². The number of hydrogen-bond acceptors (Lipinski definition) is 4. The topological polar surface area (TPSA) is 85.2 Å². The molecule has 2 amide bonds. The van der Waals surface area contributed by atoms with Gasteiger partial charge in [-0.25, -0.2) is 9.07 Å². The highest BCUT2D eigenvalue weighted by atomic mass is 35.5. The van der Waals surface area contributed by atoms with Crippen molar-refractivity contribution in [1.29, 1.82) is 0 Å². The summed E-state index contributed by atoms with van der Waals surface area (Å²) in [7, 11) is 0. The molecule has 4 rings (SSSR count). The monoisotopic (exact) mass is 510 g/mol. The van der Waals surface area contributed by atoms with E-state index in [4.69, 9.17) is 16.3 Å². The summed E-state index contributed by atoms with van der Waals surface area (Å²) in [6.45, 7) is -1.58. The molecule has 0 saturated carbocycles. The van der Waals surface area contributed by atoms with Crippen LogP contribution in [0.15, 0.2) is 48.5 Å². The minimum atomic E-state index is -4.47. The molecular weight excluding hydrogens is 492 g/mol. The van der Waals surface area contributed by atoms with Crippen molar-refractivity contribution in [2.24, 2.45) is 5.92 Å². The quantitative estimate of drug-likeness (QED) is 0.459. The van der Waals surface area contributed by atoms with E-state index < -0.39 is 30.4 Å². The zero-order valence-electron chi connectivity index (χ0n) is 18.0. The molecule has 0 bridgehead atoms. The van der Waals surface area contributed by atoms with Crippen molar-refractivity contribution >= 4 is 29.2 Å². The van der Waals surface area contributed by atoms with Crippen LogP contribution < -0.4 is 10.6 Å². The number of nitrogens with one attached hydrogen (secondary N) is 2. The fourth-order valence-electron chi connectivity index (χ4n) is 3.64. The van der Waals surface area contributed by atoms with Crippen molar-refractivity contribution in [1.82, 2.24) is 15.1 Å². The number of para-hydroxylation sites is 1. The maximum Gasteiger partial charge on any atom is 0.411 e. The number of anilines is 1. The van der Waals surface area contributed by atoms with E-state index in [1.165, 1.54) is 41.1 Å². The van der Waals surface area contributed by atoms with E-state index in [0.717, 1.165) is 0 Å². The molecule has 1 atom stereocenters. The lowest BCUT2D eigenvalue weighted by Gasteiger charge is -2.11. The summed E-state index contributed by atoms with van der Waals surface area (Å²) < 4.78 is 57.9. The summed E-state index contributed by atoms with van der Waals surface area (Å²) in [4.78, 5) is 24.0. The van der Waals surface area contributed by atoms with Gasteiger partial charge >= 0.3 is 6.18 Å². The molecule has 0 aliphatic carbocycles. The maximum absolute atomic E-state index is 14.6. The van der Waals surface area contributed by atoms with Gasteiger partial charge in [0.25, 0.3) is 0 Å². The van der Waals surface area contributed by atoms with Crippen LogP contribution >= 0.6 is 11.6 Å². The first-order valence-corrected chi connectivity index (χ1v) is 10.8. The molecular formula is C23H19ClF4N4O3. The van der Waals surface area contributed by atoms with E-state index in [1.54, 1.807) is 12.1 Å². The molecule has 0 spiro atoms. The van der Waals surface area contributed by atoms with E-state index in [0.29, 0.717) is 16.8 Å². The fraction of sp³-hybridized carbons (Fsp3) is 0.261. The first-order valence-electron chi connectivity index (χ1n) is 10.5. The Balaban J connectivity index is 1.68. The normalized spacial score (nSPS) is 15.8. The molecule has 2 aromatic carbocycles. The fourth-order valence-corrected chi connectivity index (χ4v) is 3.90. The van der Waals surface area contributed by atoms with Crippen LogP contribution in [0, 0.1) is 11.7 Å². The SMILES string of the molecule is O=C1C[C@H](C(=O)Nc2cc(-c3cc(Cl)cc(COCC(F)(F)F)c3)n(-c3ccccc3F)n2)CN1. The number of halogens is 5. The molecule has 184 valence electrons. The van der Waals surface area contributed by atoms with Gasteiger partial charge in [-0.2, -0.15) is 13.2 Å². The van der Waals surface area contributed by atoms with Crippen LogP contribution in [-0.2, 0) is 20.9 Å². The standard InChI is InChI=1S/C23H19ClF4N4O3/c24-16-6-13(11-35-12-23(26,27)28)5-14(7-16)19-9-20(30-22(34)15-8-21(33)29-10-15)31-32(19)18-4-2-1-3-17(18)25/h1-7,9,15H,8,10-12H2,(H,29,33)(H,30,31,34)/t15-/m0/s1. The van der Waals surface area contributed by atoms with Crippen molar-refractivity contribution in [2.75, 3.05) is 18.5 Å². The van der Waals surface area contributed by atoms with Crippen molar-refractivity contribution in [3.8, 4) is 16.9 Å². The van der Waals surface area contributed by atoms with Gasteiger partial charge in [0.1, 0.15) is 18.1 Å². The number of benzene rings is 2. The number of hydrogen-bond donors (Lipinski definition) is 2. The van der Waals surface area contributed by atoms with E-state index in [9.17, 15) is 27.2 Å². The van der Waals surface area contributed by atoms with Crippen LogP contribution in [-0.4, -0.2) is 40.9 Å². The lowest BCUT2D eigenvalue weighted by Crippen LogP contribution is -2.24. The summed E-state index contributed by atoms with van der Waals surface area (Å²) >= 11 is 6.20. The lowest BCUT2D eigenvalue weighted by molar-refractivity contribution is -0.176. The van der Waals surface area contributed by atoms with Gasteiger partial charge in [-0.05, 0) is 35.9 Å². The van der Waals surface area contributed by atoms with Crippen LogP contribution in [0.3, 0.4) is 0 Å². The number of carbonyl (C=O) groups excluding carboxylic acids is 2. The average Bonchev–Trinajstić information content (AvgIpc) is 3.39. The summed E-state index contributed by atoms with van der Waals surface area (Å²) in [5, 5.41) is 9.75. The summed E-state index contributed by atoms with van der Waals surface area (Å²) in [6.07, 6.45) is -4.43. The number of carbonyl (C=O) groups is 2. The number of alkyl halides is 3. The lowest BCUT2D eigenvalue weighted by atomic mass is 10.1. The Bertz CT molecular complexity index is 1260. The van der Waals surface area contributed by atoms with Crippen LogP contribution in [0.1, 0.15) is 12.0 Å². The van der Waals surface area contributed by atoms with E-state index in [-0.39, 0.29) is 42.0 Å². The molecule has 12 heteroatoms.